The van der Waals surface area contributed by atoms with Gasteiger partial charge in [0.2, 0.25) is 5.91 Å². The number of rotatable bonds is 2. The van der Waals surface area contributed by atoms with Crippen molar-refractivity contribution >= 4 is 40.3 Å². The summed E-state index contributed by atoms with van der Waals surface area (Å²) in [5, 5.41) is -0.845. The van der Waals surface area contributed by atoms with E-state index in [9.17, 15) is 4.79 Å². The quantitative estimate of drug-likeness (QED) is 0.790. The van der Waals surface area contributed by atoms with E-state index in [0.717, 1.165) is 17.2 Å². The number of carbonyl (C=O) groups is 1. The Balaban J connectivity index is 2.61. The summed E-state index contributed by atoms with van der Waals surface area (Å²) in [5.41, 5.74) is 7.11. The van der Waals surface area contributed by atoms with Crippen LogP contribution in [0.25, 0.3) is 11.0 Å². The van der Waals surface area contributed by atoms with Crippen molar-refractivity contribution in [3.8, 4) is 0 Å². The molecule has 1 unspecified atom stereocenters. The Morgan fingerprint density at radius 2 is 2.29 bits per heavy atom. The summed E-state index contributed by atoms with van der Waals surface area (Å²) in [6.45, 7) is 0. The molecule has 1 amide bonds. The van der Waals surface area contributed by atoms with Gasteiger partial charge in [0.25, 0.3) is 0 Å². The molecule has 0 aliphatic carbocycles. The highest BCUT2D eigenvalue weighted by atomic mass is 35.5. The number of hydrogen-bond acceptors (Lipinski definition) is 4. The Bertz CT molecular complexity index is 484. The highest BCUT2D eigenvalue weighted by Gasteiger charge is 2.18. The van der Waals surface area contributed by atoms with Gasteiger partial charge in [-0.3, -0.25) is 4.79 Å². The van der Waals surface area contributed by atoms with Crippen LogP contribution in [-0.2, 0) is 4.79 Å². The Labute approximate surface area is 89.0 Å². The van der Waals surface area contributed by atoms with Crippen LogP contribution in [0.3, 0.4) is 0 Å². The summed E-state index contributed by atoms with van der Waals surface area (Å²) < 4.78 is 8.10. The van der Waals surface area contributed by atoms with Gasteiger partial charge in [0.15, 0.2) is 0 Å². The second kappa shape index (κ2) is 3.51. The molecule has 0 saturated carbocycles. The van der Waals surface area contributed by atoms with Gasteiger partial charge in [0.1, 0.15) is 16.4 Å². The van der Waals surface area contributed by atoms with Crippen molar-refractivity contribution < 1.29 is 4.79 Å². The van der Waals surface area contributed by atoms with Crippen LogP contribution in [0.2, 0.25) is 0 Å². The maximum Gasteiger partial charge on any atom is 0.240 e. The second-order valence-electron chi connectivity index (χ2n) is 2.74. The Morgan fingerprint density at radius 1 is 1.50 bits per heavy atom. The molecule has 14 heavy (non-hydrogen) atoms. The molecular formula is C8H6ClN3OS. The summed E-state index contributed by atoms with van der Waals surface area (Å²) >= 11 is 6.92. The van der Waals surface area contributed by atoms with Gasteiger partial charge in [-0.25, -0.2) is 0 Å². The van der Waals surface area contributed by atoms with Crippen LogP contribution in [0.1, 0.15) is 10.9 Å². The molecule has 2 N–H and O–H groups in total. The first-order chi connectivity index (χ1) is 6.70. The molecule has 0 spiro atoms. The van der Waals surface area contributed by atoms with E-state index < -0.39 is 11.3 Å². The van der Waals surface area contributed by atoms with E-state index in [4.69, 9.17) is 17.3 Å². The van der Waals surface area contributed by atoms with Crippen LogP contribution in [0.15, 0.2) is 18.2 Å². The lowest BCUT2D eigenvalue weighted by Gasteiger charge is -2.04. The second-order valence-corrected chi connectivity index (χ2v) is 3.71. The van der Waals surface area contributed by atoms with Crippen LogP contribution in [0.5, 0.6) is 0 Å². The van der Waals surface area contributed by atoms with Crippen molar-refractivity contribution in [2.75, 3.05) is 0 Å². The third-order valence-electron chi connectivity index (χ3n) is 1.84. The van der Waals surface area contributed by atoms with Crippen molar-refractivity contribution in [3.05, 3.63) is 23.8 Å². The highest BCUT2D eigenvalue weighted by Crippen LogP contribution is 2.26. The largest absolute Gasteiger partial charge is 0.368 e. The van der Waals surface area contributed by atoms with Crippen LogP contribution in [-0.4, -0.2) is 14.7 Å². The maximum absolute atomic E-state index is 10.9. The fourth-order valence-electron chi connectivity index (χ4n) is 1.18. The predicted octanol–water partition coefficient (Wildman–Crippen LogP) is 1.46. The van der Waals surface area contributed by atoms with Gasteiger partial charge in [-0.1, -0.05) is 12.1 Å². The van der Waals surface area contributed by atoms with Crippen LogP contribution in [0.4, 0.5) is 0 Å². The van der Waals surface area contributed by atoms with E-state index in [-0.39, 0.29) is 0 Å². The minimum absolute atomic E-state index is 0.577. The summed E-state index contributed by atoms with van der Waals surface area (Å²) in [6.07, 6.45) is 0. The molecule has 72 valence electrons. The Kier molecular flexibility index (Phi) is 2.35. The molecule has 0 aliphatic heterocycles. The van der Waals surface area contributed by atoms with Crippen molar-refractivity contribution in [1.29, 1.82) is 0 Å². The number of primary amides is 1. The van der Waals surface area contributed by atoms with E-state index in [0.29, 0.717) is 11.1 Å². The van der Waals surface area contributed by atoms with Gasteiger partial charge in [-0.05, 0) is 6.07 Å². The fourth-order valence-corrected chi connectivity index (χ4v) is 1.92. The third-order valence-corrected chi connectivity index (χ3v) is 2.83. The van der Waals surface area contributed by atoms with E-state index in [2.05, 4.69) is 8.75 Å². The number of halogens is 1. The average molecular weight is 228 g/mol. The molecular weight excluding hydrogens is 222 g/mol. The van der Waals surface area contributed by atoms with Crippen molar-refractivity contribution in [3.63, 3.8) is 0 Å². The first kappa shape index (κ1) is 9.36. The number of nitrogens with two attached hydrogens (primary N) is 1. The monoisotopic (exact) mass is 227 g/mol. The molecule has 2 rings (SSSR count). The lowest BCUT2D eigenvalue weighted by molar-refractivity contribution is -0.117. The SMILES string of the molecule is NC(=O)C(Cl)c1cccc2nsnc12. The molecule has 2 aromatic rings. The number of nitrogens with zero attached hydrogens (tertiary/aromatic N) is 2. The van der Waals surface area contributed by atoms with Gasteiger partial charge < -0.3 is 5.73 Å². The van der Waals surface area contributed by atoms with Crippen LogP contribution < -0.4 is 5.73 Å². The van der Waals surface area contributed by atoms with E-state index >= 15 is 0 Å². The first-order valence-corrected chi connectivity index (χ1v) is 5.01. The third kappa shape index (κ3) is 1.44. The molecule has 1 aromatic carbocycles. The molecule has 1 heterocycles. The van der Waals surface area contributed by atoms with E-state index in [1.54, 1.807) is 12.1 Å². The number of carbonyl (C=O) groups excluding carboxylic acids is 1. The molecule has 0 fully saturated rings. The number of fused-ring (bicyclic) bond motifs is 1. The number of aromatic nitrogens is 2. The minimum atomic E-state index is -0.845. The number of alkyl halides is 1. The standard InChI is InChI=1S/C8H6ClN3OS/c9-6(8(10)13)4-2-1-3-5-7(4)12-14-11-5/h1-3,6H,(H2,10,13). The number of benzene rings is 1. The normalized spacial score (nSPS) is 12.9. The average Bonchev–Trinajstić information content (AvgIpc) is 2.63. The van der Waals surface area contributed by atoms with Gasteiger partial charge in [-0.2, -0.15) is 8.75 Å². The summed E-state index contributed by atoms with van der Waals surface area (Å²) in [5.74, 6) is -0.577. The Morgan fingerprint density at radius 3 is 3.00 bits per heavy atom. The van der Waals surface area contributed by atoms with Gasteiger partial charge in [0, 0.05) is 5.56 Å². The summed E-state index contributed by atoms with van der Waals surface area (Å²) in [4.78, 5) is 10.9. The smallest absolute Gasteiger partial charge is 0.240 e. The lowest BCUT2D eigenvalue weighted by atomic mass is 10.1. The lowest BCUT2D eigenvalue weighted by Crippen LogP contribution is -2.17. The number of hydrogen-bond donors (Lipinski definition) is 1. The predicted molar refractivity (Wildman–Crippen MR) is 55.2 cm³/mol. The molecule has 0 bridgehead atoms. The van der Waals surface area contributed by atoms with Gasteiger partial charge >= 0.3 is 0 Å². The molecule has 4 nitrogen and oxygen atoms in total. The highest BCUT2D eigenvalue weighted by molar-refractivity contribution is 7.00. The fraction of sp³-hybridized carbons (Fsp3) is 0.125. The molecule has 0 saturated heterocycles. The zero-order chi connectivity index (χ0) is 10.1. The minimum Gasteiger partial charge on any atom is -0.368 e. The van der Waals surface area contributed by atoms with Gasteiger partial charge in [-0.15, -0.1) is 11.6 Å². The topological polar surface area (TPSA) is 68.9 Å². The van der Waals surface area contributed by atoms with Crippen molar-refractivity contribution in [1.82, 2.24) is 8.75 Å². The molecule has 0 aliphatic rings. The van der Waals surface area contributed by atoms with Crippen molar-refractivity contribution in [2.24, 2.45) is 5.73 Å². The summed E-state index contributed by atoms with van der Waals surface area (Å²) in [6, 6.07) is 5.32. The zero-order valence-electron chi connectivity index (χ0n) is 6.98. The van der Waals surface area contributed by atoms with Crippen molar-refractivity contribution in [2.45, 2.75) is 5.38 Å². The summed E-state index contributed by atoms with van der Waals surface area (Å²) in [7, 11) is 0. The van der Waals surface area contributed by atoms with E-state index in [1.165, 1.54) is 0 Å². The van der Waals surface area contributed by atoms with Crippen LogP contribution >= 0.6 is 23.3 Å². The first-order valence-electron chi connectivity index (χ1n) is 3.84. The molecule has 0 radical (unpaired) electrons. The molecule has 1 aromatic heterocycles. The maximum atomic E-state index is 10.9. The van der Waals surface area contributed by atoms with Gasteiger partial charge in [0.05, 0.1) is 11.7 Å². The zero-order valence-corrected chi connectivity index (χ0v) is 8.55. The van der Waals surface area contributed by atoms with Crippen LogP contribution in [0, 0.1) is 0 Å². The molecule has 1 atom stereocenters. The molecule has 6 heteroatoms. The number of amides is 1. The van der Waals surface area contributed by atoms with E-state index in [1.807, 2.05) is 6.07 Å². The Hall–Kier alpha value is -1.20.